The van der Waals surface area contributed by atoms with Gasteiger partial charge in [0, 0.05) is 18.3 Å². The van der Waals surface area contributed by atoms with Crippen molar-refractivity contribution in [2.45, 2.75) is 45.6 Å². The van der Waals surface area contributed by atoms with Crippen LogP contribution in [-0.2, 0) is 0 Å². The summed E-state index contributed by atoms with van der Waals surface area (Å²) in [6.45, 7) is 5.05. The fourth-order valence-electron chi connectivity index (χ4n) is 2.65. The van der Waals surface area contributed by atoms with E-state index in [1.807, 2.05) is 19.1 Å². The molecule has 17 heavy (non-hydrogen) atoms. The molecule has 0 N–H and O–H groups in total. The van der Waals surface area contributed by atoms with E-state index >= 15 is 0 Å². The second-order valence-corrected chi connectivity index (χ2v) is 4.66. The number of hydrogen-bond acceptors (Lipinski definition) is 3. The fourth-order valence-corrected chi connectivity index (χ4v) is 2.65. The minimum absolute atomic E-state index is 0.571. The molecule has 3 heteroatoms. The van der Waals surface area contributed by atoms with Crippen molar-refractivity contribution in [3.8, 4) is 6.07 Å². The molecule has 1 aliphatic carbocycles. The Kier molecular flexibility index (Phi) is 3.63. The average Bonchev–Trinajstić information content (AvgIpc) is 2.84. The lowest BCUT2D eigenvalue weighted by Crippen LogP contribution is -2.34. The van der Waals surface area contributed by atoms with Crippen molar-refractivity contribution in [1.82, 2.24) is 4.98 Å². The molecule has 0 atom stereocenters. The van der Waals surface area contributed by atoms with Crippen LogP contribution in [0.4, 0.5) is 5.82 Å². The third kappa shape index (κ3) is 2.41. The molecule has 1 aromatic rings. The van der Waals surface area contributed by atoms with E-state index in [1.165, 1.54) is 25.7 Å². The van der Waals surface area contributed by atoms with Crippen molar-refractivity contribution in [3.05, 3.63) is 23.4 Å². The van der Waals surface area contributed by atoms with E-state index in [9.17, 15) is 5.26 Å². The van der Waals surface area contributed by atoms with Crippen LogP contribution in [0.15, 0.2) is 12.1 Å². The van der Waals surface area contributed by atoms with Gasteiger partial charge >= 0.3 is 0 Å². The average molecular weight is 229 g/mol. The summed E-state index contributed by atoms with van der Waals surface area (Å²) in [6.07, 6.45) is 5.06. The standard InChI is InChI=1S/C14H19N3/c1-3-17(13-6-4-5-7-13)14-12(10-15)9-8-11(2)16-14/h8-9,13H,3-7H2,1-2H3. The molecule has 0 unspecified atom stereocenters. The molecule has 0 spiro atoms. The summed E-state index contributed by atoms with van der Waals surface area (Å²) in [6, 6.07) is 6.62. The van der Waals surface area contributed by atoms with Gasteiger partial charge in [-0.15, -0.1) is 0 Å². The van der Waals surface area contributed by atoms with Crippen LogP contribution in [-0.4, -0.2) is 17.6 Å². The molecular weight excluding hydrogens is 210 g/mol. The van der Waals surface area contributed by atoms with Crippen LogP contribution in [0.25, 0.3) is 0 Å². The molecule has 1 aromatic heterocycles. The van der Waals surface area contributed by atoms with Gasteiger partial charge in [-0.1, -0.05) is 12.8 Å². The normalized spacial score (nSPS) is 15.8. The third-order valence-corrected chi connectivity index (χ3v) is 3.51. The largest absolute Gasteiger partial charge is 0.353 e. The highest BCUT2D eigenvalue weighted by atomic mass is 15.2. The Bertz CT molecular complexity index is 428. The van der Waals surface area contributed by atoms with Crippen molar-refractivity contribution in [1.29, 1.82) is 5.26 Å². The molecule has 0 bridgehead atoms. The molecule has 0 aromatic carbocycles. The number of rotatable bonds is 3. The number of nitriles is 1. The van der Waals surface area contributed by atoms with Gasteiger partial charge in [-0.05, 0) is 38.8 Å². The number of nitrogens with zero attached hydrogens (tertiary/aromatic N) is 3. The minimum atomic E-state index is 0.571. The summed E-state index contributed by atoms with van der Waals surface area (Å²) < 4.78 is 0. The van der Waals surface area contributed by atoms with Crippen molar-refractivity contribution in [2.24, 2.45) is 0 Å². The van der Waals surface area contributed by atoms with Crippen LogP contribution in [0.3, 0.4) is 0 Å². The first-order valence-electron chi connectivity index (χ1n) is 6.40. The van der Waals surface area contributed by atoms with Gasteiger partial charge in [0.05, 0.1) is 5.56 Å². The highest BCUT2D eigenvalue weighted by Crippen LogP contribution is 2.28. The Morgan fingerprint density at radius 3 is 2.71 bits per heavy atom. The topological polar surface area (TPSA) is 39.9 Å². The van der Waals surface area contributed by atoms with Crippen molar-refractivity contribution in [2.75, 3.05) is 11.4 Å². The number of hydrogen-bond donors (Lipinski definition) is 0. The molecule has 1 heterocycles. The van der Waals surface area contributed by atoms with E-state index < -0.39 is 0 Å². The van der Waals surface area contributed by atoms with E-state index in [2.05, 4.69) is 22.9 Å². The first kappa shape index (κ1) is 11.9. The molecule has 0 amide bonds. The van der Waals surface area contributed by atoms with Crippen LogP contribution in [0, 0.1) is 18.3 Å². The first-order chi connectivity index (χ1) is 8.26. The molecule has 0 saturated heterocycles. The zero-order valence-electron chi connectivity index (χ0n) is 10.6. The Labute approximate surface area is 103 Å². The summed E-state index contributed by atoms with van der Waals surface area (Å²) >= 11 is 0. The van der Waals surface area contributed by atoms with Crippen LogP contribution in [0.5, 0.6) is 0 Å². The van der Waals surface area contributed by atoms with E-state index in [4.69, 9.17) is 0 Å². The quantitative estimate of drug-likeness (QED) is 0.799. The molecule has 90 valence electrons. The lowest BCUT2D eigenvalue weighted by Gasteiger charge is -2.29. The van der Waals surface area contributed by atoms with E-state index in [0.717, 1.165) is 18.1 Å². The fraction of sp³-hybridized carbons (Fsp3) is 0.571. The molecule has 1 saturated carbocycles. The molecule has 1 fully saturated rings. The Morgan fingerprint density at radius 2 is 2.12 bits per heavy atom. The Hall–Kier alpha value is -1.56. The highest BCUT2D eigenvalue weighted by Gasteiger charge is 2.24. The van der Waals surface area contributed by atoms with Gasteiger partial charge in [0.25, 0.3) is 0 Å². The van der Waals surface area contributed by atoms with Crippen LogP contribution >= 0.6 is 0 Å². The molecule has 2 rings (SSSR count). The molecule has 1 aliphatic rings. The smallest absolute Gasteiger partial charge is 0.147 e. The first-order valence-corrected chi connectivity index (χ1v) is 6.40. The van der Waals surface area contributed by atoms with Crippen LogP contribution in [0.2, 0.25) is 0 Å². The summed E-state index contributed by atoms with van der Waals surface area (Å²) in [5, 5.41) is 9.18. The Balaban J connectivity index is 2.35. The van der Waals surface area contributed by atoms with Crippen LogP contribution in [0.1, 0.15) is 43.9 Å². The van der Waals surface area contributed by atoms with Gasteiger partial charge in [0.1, 0.15) is 11.9 Å². The van der Waals surface area contributed by atoms with Crippen LogP contribution < -0.4 is 4.90 Å². The molecular formula is C14H19N3. The zero-order valence-corrected chi connectivity index (χ0v) is 10.6. The second-order valence-electron chi connectivity index (χ2n) is 4.66. The SMILES string of the molecule is CCN(c1nc(C)ccc1C#N)C1CCCC1. The minimum Gasteiger partial charge on any atom is -0.353 e. The predicted octanol–water partition coefficient (Wildman–Crippen LogP) is 3.03. The second kappa shape index (κ2) is 5.18. The number of aryl methyl sites for hydroxylation is 1. The molecule has 0 aliphatic heterocycles. The molecule has 3 nitrogen and oxygen atoms in total. The van der Waals surface area contributed by atoms with Crippen molar-refractivity contribution in [3.63, 3.8) is 0 Å². The summed E-state index contributed by atoms with van der Waals surface area (Å²) in [4.78, 5) is 6.87. The maximum Gasteiger partial charge on any atom is 0.147 e. The van der Waals surface area contributed by atoms with Gasteiger partial charge in [-0.25, -0.2) is 4.98 Å². The van der Waals surface area contributed by atoms with Crippen molar-refractivity contribution < 1.29 is 0 Å². The number of pyridine rings is 1. The molecule has 0 radical (unpaired) electrons. The lowest BCUT2D eigenvalue weighted by molar-refractivity contribution is 0.612. The summed E-state index contributed by atoms with van der Waals surface area (Å²) in [5.74, 6) is 0.877. The van der Waals surface area contributed by atoms with Crippen molar-refractivity contribution >= 4 is 5.82 Å². The van der Waals surface area contributed by atoms with Gasteiger partial charge in [-0.3, -0.25) is 0 Å². The summed E-state index contributed by atoms with van der Waals surface area (Å²) in [7, 11) is 0. The monoisotopic (exact) mass is 229 g/mol. The number of aromatic nitrogens is 1. The lowest BCUT2D eigenvalue weighted by atomic mass is 10.1. The van der Waals surface area contributed by atoms with E-state index in [0.29, 0.717) is 11.6 Å². The summed E-state index contributed by atoms with van der Waals surface area (Å²) in [5.41, 5.74) is 1.68. The van der Waals surface area contributed by atoms with E-state index in [1.54, 1.807) is 0 Å². The highest BCUT2D eigenvalue weighted by molar-refractivity contribution is 5.55. The third-order valence-electron chi connectivity index (χ3n) is 3.51. The van der Waals surface area contributed by atoms with E-state index in [-0.39, 0.29) is 0 Å². The maximum absolute atomic E-state index is 9.18. The Morgan fingerprint density at radius 1 is 1.41 bits per heavy atom. The van der Waals surface area contributed by atoms with Gasteiger partial charge < -0.3 is 4.90 Å². The van der Waals surface area contributed by atoms with Gasteiger partial charge in [0.2, 0.25) is 0 Å². The number of anilines is 1. The van der Waals surface area contributed by atoms with Gasteiger partial charge in [-0.2, -0.15) is 5.26 Å². The zero-order chi connectivity index (χ0) is 12.3. The maximum atomic E-state index is 9.18. The van der Waals surface area contributed by atoms with Gasteiger partial charge in [0.15, 0.2) is 0 Å². The predicted molar refractivity (Wildman–Crippen MR) is 69.0 cm³/mol.